The number of nitrogens with one attached hydrogen (secondary N) is 1. The van der Waals surface area contributed by atoms with Gasteiger partial charge in [-0.25, -0.2) is 0 Å². The zero-order chi connectivity index (χ0) is 16.4. The van der Waals surface area contributed by atoms with E-state index in [2.05, 4.69) is 56.2 Å². The number of hydrogen-bond donors (Lipinski definition) is 1. The van der Waals surface area contributed by atoms with Crippen LogP contribution in [0.2, 0.25) is 0 Å². The average molecular weight is 310 g/mol. The molecule has 2 unspecified atom stereocenters. The molecule has 0 aliphatic carbocycles. The average Bonchev–Trinajstić information content (AvgIpc) is 2.55. The zero-order valence-electron chi connectivity index (χ0n) is 14.5. The Kier molecular flexibility index (Phi) is 4.40. The highest BCUT2D eigenvalue weighted by atomic mass is 16.5. The Morgan fingerprint density at radius 3 is 2.83 bits per heavy atom. The molecule has 3 rings (SSSR count). The van der Waals surface area contributed by atoms with Gasteiger partial charge in [-0.15, -0.1) is 0 Å². The van der Waals surface area contributed by atoms with Gasteiger partial charge in [0.2, 0.25) is 0 Å². The summed E-state index contributed by atoms with van der Waals surface area (Å²) in [6, 6.07) is 10.8. The lowest BCUT2D eigenvalue weighted by Crippen LogP contribution is -2.41. The summed E-state index contributed by atoms with van der Waals surface area (Å²) in [5, 5.41) is 3.70. The lowest BCUT2D eigenvalue weighted by Gasteiger charge is -2.41. The SMILES string of the molecule is CCC1(C)CC(NCc2ccccn2)c2cc(C)cc(C)c2O1. The molecule has 1 aromatic heterocycles. The van der Waals surface area contributed by atoms with Gasteiger partial charge in [0.25, 0.3) is 0 Å². The molecule has 0 saturated carbocycles. The highest BCUT2D eigenvalue weighted by Gasteiger charge is 2.36. The Bertz CT molecular complexity index is 684. The molecule has 3 nitrogen and oxygen atoms in total. The second kappa shape index (κ2) is 6.32. The van der Waals surface area contributed by atoms with Crippen LogP contribution in [-0.4, -0.2) is 10.6 Å². The van der Waals surface area contributed by atoms with Gasteiger partial charge >= 0.3 is 0 Å². The van der Waals surface area contributed by atoms with Gasteiger partial charge in [-0.3, -0.25) is 4.98 Å². The van der Waals surface area contributed by atoms with E-state index >= 15 is 0 Å². The van der Waals surface area contributed by atoms with Gasteiger partial charge in [0, 0.05) is 30.8 Å². The summed E-state index contributed by atoms with van der Waals surface area (Å²) < 4.78 is 6.38. The fraction of sp³-hybridized carbons (Fsp3) is 0.450. The van der Waals surface area contributed by atoms with Crippen molar-refractivity contribution >= 4 is 0 Å². The van der Waals surface area contributed by atoms with E-state index in [1.807, 2.05) is 18.3 Å². The first kappa shape index (κ1) is 16.0. The van der Waals surface area contributed by atoms with Gasteiger partial charge in [0.05, 0.1) is 5.69 Å². The molecule has 0 saturated heterocycles. The molecule has 0 fully saturated rings. The highest BCUT2D eigenvalue weighted by Crippen LogP contribution is 2.43. The van der Waals surface area contributed by atoms with E-state index in [0.29, 0.717) is 6.04 Å². The number of nitrogens with zero attached hydrogens (tertiary/aromatic N) is 1. The van der Waals surface area contributed by atoms with Gasteiger partial charge in [0.15, 0.2) is 0 Å². The van der Waals surface area contributed by atoms with Gasteiger partial charge in [0.1, 0.15) is 11.4 Å². The van der Waals surface area contributed by atoms with Gasteiger partial charge in [-0.05, 0) is 44.9 Å². The highest BCUT2D eigenvalue weighted by molar-refractivity contribution is 5.47. The Hall–Kier alpha value is -1.87. The molecule has 1 aromatic carbocycles. The molecule has 0 radical (unpaired) electrons. The monoisotopic (exact) mass is 310 g/mol. The van der Waals surface area contributed by atoms with E-state index < -0.39 is 0 Å². The lowest BCUT2D eigenvalue weighted by atomic mass is 9.85. The smallest absolute Gasteiger partial charge is 0.127 e. The fourth-order valence-electron chi connectivity index (χ4n) is 3.34. The zero-order valence-corrected chi connectivity index (χ0v) is 14.5. The van der Waals surface area contributed by atoms with Crippen molar-refractivity contribution in [2.24, 2.45) is 0 Å². The van der Waals surface area contributed by atoms with Crippen LogP contribution < -0.4 is 10.1 Å². The molecule has 122 valence electrons. The largest absolute Gasteiger partial charge is 0.487 e. The van der Waals surface area contributed by atoms with Crippen molar-refractivity contribution in [3.63, 3.8) is 0 Å². The quantitative estimate of drug-likeness (QED) is 0.904. The third-order valence-electron chi connectivity index (χ3n) is 4.81. The third kappa shape index (κ3) is 3.40. The van der Waals surface area contributed by atoms with Crippen molar-refractivity contribution in [2.45, 2.75) is 58.7 Å². The molecular weight excluding hydrogens is 284 g/mol. The van der Waals surface area contributed by atoms with Crippen LogP contribution in [0.4, 0.5) is 0 Å². The molecule has 2 heterocycles. The summed E-state index contributed by atoms with van der Waals surface area (Å²) in [5.74, 6) is 1.06. The Balaban J connectivity index is 1.90. The van der Waals surface area contributed by atoms with E-state index in [0.717, 1.165) is 30.8 Å². The first-order valence-electron chi connectivity index (χ1n) is 8.44. The number of aryl methyl sites for hydroxylation is 2. The normalized spacial score (nSPS) is 23.2. The Morgan fingerprint density at radius 1 is 1.30 bits per heavy atom. The number of pyridine rings is 1. The lowest BCUT2D eigenvalue weighted by molar-refractivity contribution is 0.0430. The molecule has 3 heteroatoms. The molecule has 23 heavy (non-hydrogen) atoms. The summed E-state index contributed by atoms with van der Waals surface area (Å²) in [6.45, 7) is 9.48. The number of ether oxygens (including phenoxy) is 1. The minimum Gasteiger partial charge on any atom is -0.487 e. The second-order valence-electron chi connectivity index (χ2n) is 6.86. The van der Waals surface area contributed by atoms with Crippen LogP contribution in [0.1, 0.15) is 55.1 Å². The van der Waals surface area contributed by atoms with Crippen LogP contribution in [0.5, 0.6) is 5.75 Å². The summed E-state index contributed by atoms with van der Waals surface area (Å²) in [6.07, 6.45) is 3.83. The van der Waals surface area contributed by atoms with E-state index in [1.54, 1.807) is 0 Å². The van der Waals surface area contributed by atoms with E-state index in [9.17, 15) is 0 Å². The fourth-order valence-corrected chi connectivity index (χ4v) is 3.34. The number of hydrogen-bond acceptors (Lipinski definition) is 3. The standard InChI is InChI=1S/C20H26N2O/c1-5-20(4)12-18(22-13-16-8-6-7-9-21-16)17-11-14(2)10-15(3)19(17)23-20/h6-11,18,22H,5,12-13H2,1-4H3. The summed E-state index contributed by atoms with van der Waals surface area (Å²) in [7, 11) is 0. The first-order chi connectivity index (χ1) is 11.0. The molecular formula is C20H26N2O. The Morgan fingerprint density at radius 2 is 2.13 bits per heavy atom. The van der Waals surface area contributed by atoms with Crippen LogP contribution in [-0.2, 0) is 6.54 Å². The number of fused-ring (bicyclic) bond motifs is 1. The van der Waals surface area contributed by atoms with Crippen LogP contribution >= 0.6 is 0 Å². The van der Waals surface area contributed by atoms with E-state index in [4.69, 9.17) is 4.74 Å². The number of aromatic nitrogens is 1. The number of rotatable bonds is 4. The molecule has 1 aliphatic rings. The van der Waals surface area contributed by atoms with Gasteiger partial charge in [-0.1, -0.05) is 30.7 Å². The van der Waals surface area contributed by atoms with Crippen molar-refractivity contribution in [1.82, 2.24) is 10.3 Å². The third-order valence-corrected chi connectivity index (χ3v) is 4.81. The maximum Gasteiger partial charge on any atom is 0.127 e. The molecule has 1 aliphatic heterocycles. The minimum atomic E-state index is -0.116. The van der Waals surface area contributed by atoms with Crippen LogP contribution in [0, 0.1) is 13.8 Å². The predicted octanol–water partition coefficient (Wildman–Crippen LogP) is 4.48. The summed E-state index contributed by atoms with van der Waals surface area (Å²) in [4.78, 5) is 4.42. The molecule has 2 atom stereocenters. The van der Waals surface area contributed by atoms with Crippen LogP contribution in [0.25, 0.3) is 0 Å². The van der Waals surface area contributed by atoms with Crippen LogP contribution in [0.15, 0.2) is 36.5 Å². The van der Waals surface area contributed by atoms with Gasteiger partial charge in [-0.2, -0.15) is 0 Å². The van der Waals surface area contributed by atoms with Crippen LogP contribution in [0.3, 0.4) is 0 Å². The van der Waals surface area contributed by atoms with Crippen molar-refractivity contribution in [3.05, 3.63) is 58.9 Å². The number of benzene rings is 1. The summed E-state index contributed by atoms with van der Waals surface area (Å²) >= 11 is 0. The predicted molar refractivity (Wildman–Crippen MR) is 93.7 cm³/mol. The molecule has 1 N–H and O–H groups in total. The summed E-state index contributed by atoms with van der Waals surface area (Å²) in [5.41, 5.74) is 4.75. The van der Waals surface area contributed by atoms with Crippen molar-refractivity contribution in [2.75, 3.05) is 0 Å². The van der Waals surface area contributed by atoms with E-state index in [1.165, 1.54) is 16.7 Å². The second-order valence-corrected chi connectivity index (χ2v) is 6.86. The maximum atomic E-state index is 6.38. The molecule has 0 bridgehead atoms. The Labute approximate surface area is 139 Å². The van der Waals surface area contributed by atoms with E-state index in [-0.39, 0.29) is 5.60 Å². The first-order valence-corrected chi connectivity index (χ1v) is 8.44. The molecule has 0 spiro atoms. The topological polar surface area (TPSA) is 34.2 Å². The minimum absolute atomic E-state index is 0.116. The van der Waals surface area contributed by atoms with Crippen molar-refractivity contribution in [1.29, 1.82) is 0 Å². The molecule has 0 amide bonds. The molecule has 2 aromatic rings. The van der Waals surface area contributed by atoms with Crippen molar-refractivity contribution < 1.29 is 4.74 Å². The van der Waals surface area contributed by atoms with Crippen molar-refractivity contribution in [3.8, 4) is 5.75 Å². The maximum absolute atomic E-state index is 6.38. The van der Waals surface area contributed by atoms with Gasteiger partial charge < -0.3 is 10.1 Å².